The highest BCUT2D eigenvalue weighted by molar-refractivity contribution is 5.34. The molecule has 0 spiro atoms. The minimum atomic E-state index is 0.356. The number of hydrogen-bond donors (Lipinski definition) is 1. The van der Waals surface area contributed by atoms with Gasteiger partial charge in [-0.2, -0.15) is 0 Å². The minimum absolute atomic E-state index is 0.356. The van der Waals surface area contributed by atoms with Crippen LogP contribution >= 0.6 is 0 Å². The molecule has 0 bridgehead atoms. The maximum Gasteiger partial charge on any atom is 0.0374 e. The lowest BCUT2D eigenvalue weighted by Gasteiger charge is -2.41. The summed E-state index contributed by atoms with van der Waals surface area (Å²) in [6.45, 7) is 5.95. The Morgan fingerprint density at radius 1 is 1.14 bits per heavy atom. The van der Waals surface area contributed by atoms with Crippen LogP contribution in [-0.4, -0.2) is 6.54 Å². The lowest BCUT2D eigenvalue weighted by molar-refractivity contribution is 0.210. The van der Waals surface area contributed by atoms with Crippen molar-refractivity contribution in [2.75, 3.05) is 6.54 Å². The van der Waals surface area contributed by atoms with Crippen LogP contribution in [-0.2, 0) is 6.42 Å². The van der Waals surface area contributed by atoms with Gasteiger partial charge in [-0.3, -0.25) is 0 Å². The molecule has 0 radical (unpaired) electrons. The van der Waals surface area contributed by atoms with Gasteiger partial charge >= 0.3 is 0 Å². The van der Waals surface area contributed by atoms with Crippen LogP contribution in [0.15, 0.2) is 35.9 Å². The van der Waals surface area contributed by atoms with Crippen molar-refractivity contribution in [3.63, 3.8) is 0 Å². The van der Waals surface area contributed by atoms with Crippen LogP contribution in [0.5, 0.6) is 0 Å². The van der Waals surface area contributed by atoms with E-state index in [4.69, 9.17) is 0 Å². The van der Waals surface area contributed by atoms with E-state index in [0.717, 1.165) is 6.54 Å². The first-order valence-electron chi connectivity index (χ1n) is 8.66. The Labute approximate surface area is 129 Å². The van der Waals surface area contributed by atoms with E-state index < -0.39 is 0 Å². The normalized spacial score (nSPS) is 24.3. The zero-order chi connectivity index (χ0) is 14.7. The van der Waals surface area contributed by atoms with Crippen LogP contribution in [0.1, 0.15) is 69.5 Å². The van der Waals surface area contributed by atoms with Crippen molar-refractivity contribution in [1.29, 1.82) is 0 Å². The van der Waals surface area contributed by atoms with E-state index in [0.29, 0.717) is 11.5 Å². The lowest BCUT2D eigenvalue weighted by Crippen LogP contribution is -2.38. The summed E-state index contributed by atoms with van der Waals surface area (Å²) in [4.78, 5) is 0. The van der Waals surface area contributed by atoms with Gasteiger partial charge in [0.1, 0.15) is 0 Å². The molecule has 1 unspecified atom stereocenters. The largest absolute Gasteiger partial charge is 0.309 e. The molecule has 0 amide bonds. The monoisotopic (exact) mass is 283 g/mol. The summed E-state index contributed by atoms with van der Waals surface area (Å²) in [5.74, 6) is 0. The number of nitrogens with one attached hydrogen (secondary N) is 1. The Morgan fingerprint density at radius 3 is 2.81 bits per heavy atom. The van der Waals surface area contributed by atoms with E-state index in [1.165, 1.54) is 50.5 Å². The van der Waals surface area contributed by atoms with Crippen LogP contribution in [0.2, 0.25) is 0 Å². The summed E-state index contributed by atoms with van der Waals surface area (Å²) >= 11 is 0. The molecular weight excluding hydrogens is 254 g/mol. The molecule has 1 aromatic rings. The molecule has 0 fully saturated rings. The molecule has 1 N–H and O–H groups in total. The third-order valence-corrected chi connectivity index (χ3v) is 5.37. The van der Waals surface area contributed by atoms with E-state index in [9.17, 15) is 0 Å². The number of hydrogen-bond acceptors (Lipinski definition) is 1. The molecule has 114 valence electrons. The second-order valence-electron chi connectivity index (χ2n) is 7.43. The van der Waals surface area contributed by atoms with Gasteiger partial charge in [0.15, 0.2) is 0 Å². The molecule has 3 rings (SSSR count). The first-order valence-corrected chi connectivity index (χ1v) is 8.66. The highest BCUT2D eigenvalue weighted by Gasteiger charge is 2.35. The summed E-state index contributed by atoms with van der Waals surface area (Å²) in [6, 6.07) is 9.52. The van der Waals surface area contributed by atoms with Gasteiger partial charge in [-0.25, -0.2) is 0 Å². The van der Waals surface area contributed by atoms with Crippen LogP contribution in [0.4, 0.5) is 0 Å². The van der Waals surface area contributed by atoms with Crippen LogP contribution < -0.4 is 5.32 Å². The minimum Gasteiger partial charge on any atom is -0.309 e. The molecule has 21 heavy (non-hydrogen) atoms. The Bertz CT molecular complexity index is 512. The van der Waals surface area contributed by atoms with Gasteiger partial charge in [0.2, 0.25) is 0 Å². The fourth-order valence-corrected chi connectivity index (χ4v) is 3.96. The fraction of sp³-hybridized carbons (Fsp3) is 0.600. The number of rotatable bonds is 4. The molecule has 0 heterocycles. The quantitative estimate of drug-likeness (QED) is 0.751. The second kappa shape index (κ2) is 6.36. The molecule has 1 aromatic carbocycles. The topological polar surface area (TPSA) is 12.0 Å². The summed E-state index contributed by atoms with van der Waals surface area (Å²) in [5, 5.41) is 3.87. The Hall–Kier alpha value is -1.08. The zero-order valence-electron chi connectivity index (χ0n) is 13.6. The first kappa shape index (κ1) is 14.8. The number of allylic oxidation sites excluding steroid dienone is 1. The van der Waals surface area contributed by atoms with Crippen LogP contribution in [0.3, 0.4) is 0 Å². The number of fused-ring (bicyclic) bond motifs is 1. The third kappa shape index (κ3) is 3.40. The third-order valence-electron chi connectivity index (χ3n) is 5.37. The van der Waals surface area contributed by atoms with E-state index in [1.54, 1.807) is 11.1 Å². The van der Waals surface area contributed by atoms with E-state index >= 15 is 0 Å². The van der Waals surface area contributed by atoms with E-state index in [2.05, 4.69) is 49.5 Å². The molecule has 0 saturated heterocycles. The summed E-state index contributed by atoms with van der Waals surface area (Å²) in [5.41, 5.74) is 5.11. The first-order chi connectivity index (χ1) is 10.2. The molecule has 2 aliphatic rings. The molecular formula is C20H29N. The fourth-order valence-electron chi connectivity index (χ4n) is 3.96. The molecule has 1 nitrogen and oxygen atoms in total. The Morgan fingerprint density at radius 2 is 2.00 bits per heavy atom. The molecule has 0 aromatic heterocycles. The van der Waals surface area contributed by atoms with Gasteiger partial charge in [-0.05, 0) is 68.0 Å². The molecule has 0 aliphatic heterocycles. The zero-order valence-corrected chi connectivity index (χ0v) is 13.6. The van der Waals surface area contributed by atoms with Crippen LogP contribution in [0.25, 0.3) is 0 Å². The SMILES string of the molecule is CC1(C)CCc2ccccc2C1NCCC1=CCCCC1. The van der Waals surface area contributed by atoms with Gasteiger partial charge in [-0.1, -0.05) is 49.8 Å². The van der Waals surface area contributed by atoms with E-state index in [1.807, 2.05) is 0 Å². The molecule has 0 saturated carbocycles. The van der Waals surface area contributed by atoms with Crippen molar-refractivity contribution in [1.82, 2.24) is 5.32 Å². The van der Waals surface area contributed by atoms with Crippen molar-refractivity contribution in [3.05, 3.63) is 47.0 Å². The standard InChI is InChI=1S/C20H29N/c1-20(2)14-12-17-10-6-7-11-18(17)19(20)21-15-13-16-8-4-3-5-9-16/h6-8,10-11,19,21H,3-5,9,12-15H2,1-2H3. The summed E-state index contributed by atoms with van der Waals surface area (Å²) < 4.78 is 0. The van der Waals surface area contributed by atoms with Crippen molar-refractivity contribution >= 4 is 0 Å². The van der Waals surface area contributed by atoms with Crippen LogP contribution in [0, 0.1) is 5.41 Å². The highest BCUT2D eigenvalue weighted by atomic mass is 14.9. The maximum atomic E-state index is 3.87. The number of aryl methyl sites for hydroxylation is 1. The van der Waals surface area contributed by atoms with Gasteiger partial charge in [0.05, 0.1) is 0 Å². The Kier molecular flexibility index (Phi) is 4.49. The van der Waals surface area contributed by atoms with Crippen molar-refractivity contribution in [2.24, 2.45) is 5.41 Å². The maximum absolute atomic E-state index is 3.87. The molecule has 2 aliphatic carbocycles. The van der Waals surface area contributed by atoms with Crippen molar-refractivity contribution in [3.8, 4) is 0 Å². The highest BCUT2D eigenvalue weighted by Crippen LogP contribution is 2.43. The van der Waals surface area contributed by atoms with Gasteiger partial charge in [0, 0.05) is 6.04 Å². The second-order valence-corrected chi connectivity index (χ2v) is 7.43. The lowest BCUT2D eigenvalue weighted by atomic mass is 9.70. The van der Waals surface area contributed by atoms with Gasteiger partial charge < -0.3 is 5.32 Å². The number of benzene rings is 1. The molecule has 1 heteroatoms. The predicted molar refractivity (Wildman–Crippen MR) is 90.5 cm³/mol. The summed E-state index contributed by atoms with van der Waals surface area (Å²) in [7, 11) is 0. The van der Waals surface area contributed by atoms with Crippen molar-refractivity contribution < 1.29 is 0 Å². The average molecular weight is 283 g/mol. The van der Waals surface area contributed by atoms with E-state index in [-0.39, 0.29) is 0 Å². The van der Waals surface area contributed by atoms with Gasteiger partial charge in [-0.15, -0.1) is 0 Å². The Balaban J connectivity index is 1.66. The molecule has 1 atom stereocenters. The average Bonchev–Trinajstić information content (AvgIpc) is 2.50. The summed E-state index contributed by atoms with van der Waals surface area (Å²) in [6.07, 6.45) is 11.6. The predicted octanol–water partition coefficient (Wildman–Crippen LogP) is 5.18. The van der Waals surface area contributed by atoms with Crippen molar-refractivity contribution in [2.45, 2.75) is 64.8 Å². The van der Waals surface area contributed by atoms with Gasteiger partial charge in [0.25, 0.3) is 0 Å². The smallest absolute Gasteiger partial charge is 0.0374 e.